The number of furan rings is 1. The number of carbonyl (C=O) groups is 2. The molecule has 0 bridgehead atoms. The van der Waals surface area contributed by atoms with Gasteiger partial charge < -0.3 is 14.6 Å². The van der Waals surface area contributed by atoms with Crippen LogP contribution in [0.5, 0.6) is 0 Å². The summed E-state index contributed by atoms with van der Waals surface area (Å²) in [6.07, 6.45) is 6.28. The van der Waals surface area contributed by atoms with Crippen LogP contribution in [0, 0.1) is 5.92 Å². The van der Waals surface area contributed by atoms with Gasteiger partial charge in [-0.1, -0.05) is 31.2 Å². The number of aromatic nitrogens is 1. The lowest BCUT2D eigenvalue weighted by atomic mass is 9.88. The summed E-state index contributed by atoms with van der Waals surface area (Å²) in [5.41, 5.74) is 2.28. The molecule has 0 radical (unpaired) electrons. The molecule has 0 atom stereocenters. The fraction of sp³-hybridized carbons (Fsp3) is 0.375. The van der Waals surface area contributed by atoms with E-state index in [2.05, 4.69) is 22.1 Å². The van der Waals surface area contributed by atoms with Crippen LogP contribution in [0.3, 0.4) is 0 Å². The number of carbonyl (C=O) groups excluding carboxylic acids is 2. The van der Waals surface area contributed by atoms with Crippen molar-refractivity contribution in [1.82, 2.24) is 15.2 Å². The molecule has 0 spiro atoms. The summed E-state index contributed by atoms with van der Waals surface area (Å²) in [4.78, 5) is 31.6. The molecule has 6 heteroatoms. The highest BCUT2D eigenvalue weighted by atomic mass is 16.3. The van der Waals surface area contributed by atoms with Gasteiger partial charge in [-0.3, -0.25) is 14.6 Å². The molecule has 4 rings (SSSR count). The van der Waals surface area contributed by atoms with Gasteiger partial charge in [0.2, 0.25) is 0 Å². The highest BCUT2D eigenvalue weighted by molar-refractivity contribution is 5.98. The molecule has 1 aliphatic heterocycles. The number of rotatable bonds is 7. The predicted molar refractivity (Wildman–Crippen MR) is 115 cm³/mol. The maximum atomic E-state index is 12.8. The second-order valence-corrected chi connectivity index (χ2v) is 7.88. The summed E-state index contributed by atoms with van der Waals surface area (Å²) in [5.74, 6) is 0.341. The van der Waals surface area contributed by atoms with E-state index in [0.29, 0.717) is 12.1 Å². The van der Waals surface area contributed by atoms with Gasteiger partial charge in [-0.15, -0.1) is 0 Å². The average Bonchev–Trinajstić information content (AvgIpc) is 3.23. The third kappa shape index (κ3) is 4.60. The fourth-order valence-electron chi connectivity index (χ4n) is 4.02. The van der Waals surface area contributed by atoms with Crippen molar-refractivity contribution in [3.05, 3.63) is 65.7 Å². The Morgan fingerprint density at radius 1 is 1.17 bits per heavy atom. The molecule has 6 nitrogen and oxygen atoms in total. The van der Waals surface area contributed by atoms with Gasteiger partial charge in [0.05, 0.1) is 6.20 Å². The first-order valence-electron chi connectivity index (χ1n) is 10.6. The van der Waals surface area contributed by atoms with Crippen molar-refractivity contribution >= 4 is 22.7 Å². The number of nitrogens with one attached hydrogen (secondary N) is 1. The second-order valence-electron chi connectivity index (χ2n) is 7.88. The van der Waals surface area contributed by atoms with Crippen LogP contribution >= 0.6 is 0 Å². The van der Waals surface area contributed by atoms with E-state index < -0.39 is 0 Å². The van der Waals surface area contributed by atoms with Gasteiger partial charge in [-0.05, 0) is 56.6 Å². The molecule has 0 aliphatic carbocycles. The Labute approximate surface area is 176 Å². The van der Waals surface area contributed by atoms with Crippen LogP contribution in [-0.2, 0) is 6.54 Å². The van der Waals surface area contributed by atoms with Crippen molar-refractivity contribution in [2.45, 2.75) is 32.7 Å². The fourth-order valence-corrected chi connectivity index (χ4v) is 4.02. The topological polar surface area (TPSA) is 75.4 Å². The third-order valence-electron chi connectivity index (χ3n) is 5.74. The minimum absolute atomic E-state index is 0.117. The van der Waals surface area contributed by atoms with E-state index in [-0.39, 0.29) is 23.4 Å². The lowest BCUT2D eigenvalue weighted by Crippen LogP contribution is -2.36. The first-order chi connectivity index (χ1) is 14.6. The number of Topliss-reactive ketones (excluding diaryl/α,β-unsaturated/α-hetero) is 1. The van der Waals surface area contributed by atoms with E-state index in [1.165, 1.54) is 0 Å². The van der Waals surface area contributed by atoms with E-state index >= 15 is 0 Å². The number of nitrogens with zero attached hydrogens (tertiary/aromatic N) is 2. The molecule has 3 heterocycles. The Balaban J connectivity index is 1.31. The molecular formula is C24H27N3O3. The molecule has 30 heavy (non-hydrogen) atoms. The molecule has 156 valence electrons. The Morgan fingerprint density at radius 3 is 2.63 bits per heavy atom. The summed E-state index contributed by atoms with van der Waals surface area (Å²) in [7, 11) is 0. The van der Waals surface area contributed by atoms with Crippen molar-refractivity contribution in [3.63, 3.8) is 0 Å². The molecule has 3 aromatic rings. The molecule has 1 aromatic carbocycles. The van der Waals surface area contributed by atoms with Crippen LogP contribution in [-0.4, -0.2) is 41.2 Å². The highest BCUT2D eigenvalue weighted by Gasteiger charge is 2.25. The highest BCUT2D eigenvalue weighted by Crippen LogP contribution is 2.22. The number of pyridine rings is 1. The van der Waals surface area contributed by atoms with Crippen LogP contribution in [0.25, 0.3) is 11.0 Å². The summed E-state index contributed by atoms with van der Waals surface area (Å²) in [6.45, 7) is 5.69. The van der Waals surface area contributed by atoms with Gasteiger partial charge in [0.1, 0.15) is 0 Å². The maximum Gasteiger partial charge on any atom is 0.287 e. The summed E-state index contributed by atoms with van der Waals surface area (Å²) >= 11 is 0. The Bertz CT molecular complexity index is 985. The number of hydrogen-bond acceptors (Lipinski definition) is 5. The third-order valence-corrected chi connectivity index (χ3v) is 5.74. The zero-order chi connectivity index (χ0) is 20.9. The largest absolute Gasteiger partial charge is 0.449 e. The lowest BCUT2D eigenvalue weighted by Gasteiger charge is -2.30. The van der Waals surface area contributed by atoms with E-state index in [1.807, 2.05) is 24.3 Å². The first-order valence-corrected chi connectivity index (χ1v) is 10.6. The smallest absolute Gasteiger partial charge is 0.287 e. The predicted octanol–water partition coefficient (Wildman–Crippen LogP) is 4.06. The minimum Gasteiger partial charge on any atom is -0.449 e. The van der Waals surface area contributed by atoms with Crippen molar-refractivity contribution in [2.75, 3.05) is 19.6 Å². The number of amides is 1. The SMILES string of the molecule is CCCN1CCC(C(=O)c2ccc(CNC(=O)c3cc4ccncc4o3)cc2)CC1. The minimum atomic E-state index is -0.273. The molecule has 1 fully saturated rings. The monoisotopic (exact) mass is 405 g/mol. The molecule has 0 saturated carbocycles. The van der Waals surface area contributed by atoms with Crippen molar-refractivity contribution < 1.29 is 14.0 Å². The molecule has 2 aromatic heterocycles. The van der Waals surface area contributed by atoms with Crippen LogP contribution in [0.15, 0.2) is 53.2 Å². The lowest BCUT2D eigenvalue weighted by molar-refractivity contribution is 0.0839. The van der Waals surface area contributed by atoms with Gasteiger partial charge >= 0.3 is 0 Å². The normalized spacial score (nSPS) is 15.4. The van der Waals surface area contributed by atoms with Crippen LogP contribution in [0.4, 0.5) is 0 Å². The molecule has 1 saturated heterocycles. The van der Waals surface area contributed by atoms with Gasteiger partial charge in [-0.25, -0.2) is 0 Å². The Kier molecular flexibility index (Phi) is 6.23. The average molecular weight is 405 g/mol. The number of likely N-dealkylation sites (tertiary alicyclic amines) is 1. The van der Waals surface area contributed by atoms with Crippen molar-refractivity contribution in [2.24, 2.45) is 5.92 Å². The van der Waals surface area contributed by atoms with Gasteiger partial charge in [0, 0.05) is 29.6 Å². The summed E-state index contributed by atoms with van der Waals surface area (Å²) in [5, 5.41) is 3.71. The zero-order valence-electron chi connectivity index (χ0n) is 17.3. The van der Waals surface area contributed by atoms with E-state index in [0.717, 1.165) is 55.4 Å². The van der Waals surface area contributed by atoms with Gasteiger partial charge in [0.15, 0.2) is 17.1 Å². The second kappa shape index (κ2) is 9.22. The van der Waals surface area contributed by atoms with Crippen molar-refractivity contribution in [3.8, 4) is 0 Å². The van der Waals surface area contributed by atoms with Gasteiger partial charge in [0.25, 0.3) is 5.91 Å². The van der Waals surface area contributed by atoms with Crippen LogP contribution in [0.1, 0.15) is 52.7 Å². The quantitative estimate of drug-likeness (QED) is 0.600. The number of benzene rings is 1. The van der Waals surface area contributed by atoms with Crippen LogP contribution < -0.4 is 5.32 Å². The molecule has 0 unspecified atom stereocenters. The summed E-state index contributed by atoms with van der Waals surface area (Å²) < 4.78 is 5.54. The molecular weight excluding hydrogens is 378 g/mol. The number of hydrogen-bond donors (Lipinski definition) is 1. The first kappa shape index (κ1) is 20.3. The zero-order valence-corrected chi connectivity index (χ0v) is 17.3. The van der Waals surface area contributed by atoms with Gasteiger partial charge in [-0.2, -0.15) is 0 Å². The summed E-state index contributed by atoms with van der Waals surface area (Å²) in [6, 6.07) is 11.1. The molecule has 1 N–H and O–H groups in total. The number of ketones is 1. The van der Waals surface area contributed by atoms with E-state index in [9.17, 15) is 9.59 Å². The Morgan fingerprint density at radius 2 is 1.93 bits per heavy atom. The maximum absolute atomic E-state index is 12.8. The molecule has 1 aliphatic rings. The Hall–Kier alpha value is -2.99. The van der Waals surface area contributed by atoms with Crippen LogP contribution in [0.2, 0.25) is 0 Å². The number of fused-ring (bicyclic) bond motifs is 1. The van der Waals surface area contributed by atoms with Crippen molar-refractivity contribution in [1.29, 1.82) is 0 Å². The van der Waals surface area contributed by atoms with E-state index in [1.54, 1.807) is 24.5 Å². The molecule has 1 amide bonds. The van der Waals surface area contributed by atoms with E-state index in [4.69, 9.17) is 4.42 Å². The number of piperidine rings is 1. The standard InChI is InChI=1S/C24H27N3O3/c1-2-11-27-12-8-19(9-13-27)23(28)18-5-3-17(4-6-18)15-26-24(29)21-14-20-7-10-25-16-22(20)30-21/h3-7,10,14,16,19H,2,8-9,11-13,15H2,1H3,(H,26,29).